The van der Waals surface area contributed by atoms with Crippen LogP contribution in [0.2, 0.25) is 10.0 Å². The molecular weight excluding hydrogens is 347 g/mol. The minimum atomic E-state index is 0.462. The monoisotopic (exact) mass is 352 g/mol. The second-order valence-corrected chi connectivity index (χ2v) is 5.19. The molecule has 0 bridgehead atoms. The minimum absolute atomic E-state index is 0.462. The van der Waals surface area contributed by atoms with Crippen LogP contribution in [-0.2, 0) is 0 Å². The van der Waals surface area contributed by atoms with Crippen molar-refractivity contribution >= 4 is 50.9 Å². The molecule has 17 heavy (non-hydrogen) atoms. The fourth-order valence-corrected chi connectivity index (χ4v) is 2.53. The molecule has 2 aromatic rings. The summed E-state index contributed by atoms with van der Waals surface area (Å²) >= 11 is 16.6. The lowest BCUT2D eigenvalue weighted by Gasteiger charge is -2.06. The van der Waals surface area contributed by atoms with Crippen LogP contribution in [0.3, 0.4) is 0 Å². The van der Waals surface area contributed by atoms with E-state index in [1.54, 1.807) is 18.2 Å². The van der Waals surface area contributed by atoms with Gasteiger partial charge in [0.2, 0.25) is 0 Å². The second kappa shape index (κ2) is 6.00. The van der Waals surface area contributed by atoms with E-state index in [1.165, 1.54) is 0 Å². The SMILES string of the molecule is Clc1cccc(Cl)c1-c1nsnc1OCCBr. The molecule has 0 atom stereocenters. The number of benzene rings is 1. The van der Waals surface area contributed by atoms with Crippen LogP contribution in [0.4, 0.5) is 0 Å². The van der Waals surface area contributed by atoms with Crippen LogP contribution >= 0.6 is 50.9 Å². The summed E-state index contributed by atoms with van der Waals surface area (Å²) in [5, 5.41) is 1.79. The molecule has 90 valence electrons. The molecule has 0 radical (unpaired) electrons. The molecule has 1 heterocycles. The van der Waals surface area contributed by atoms with Crippen LogP contribution in [0, 0.1) is 0 Å². The largest absolute Gasteiger partial charge is 0.475 e. The standard InChI is InChI=1S/C10H7BrCl2N2OS/c11-4-5-16-10-9(14-17-15-10)8-6(12)2-1-3-7(8)13/h1-3H,4-5H2. The van der Waals surface area contributed by atoms with E-state index in [0.29, 0.717) is 33.8 Å². The van der Waals surface area contributed by atoms with Gasteiger partial charge in [-0.3, -0.25) is 0 Å². The van der Waals surface area contributed by atoms with Crippen LogP contribution in [-0.4, -0.2) is 20.7 Å². The van der Waals surface area contributed by atoms with Gasteiger partial charge >= 0.3 is 0 Å². The van der Waals surface area contributed by atoms with E-state index in [0.717, 1.165) is 17.1 Å². The van der Waals surface area contributed by atoms with Crippen molar-refractivity contribution in [3.05, 3.63) is 28.2 Å². The molecule has 0 saturated heterocycles. The van der Waals surface area contributed by atoms with Gasteiger partial charge in [0, 0.05) is 10.9 Å². The van der Waals surface area contributed by atoms with Crippen molar-refractivity contribution in [1.82, 2.24) is 8.75 Å². The number of hydrogen-bond donors (Lipinski definition) is 0. The van der Waals surface area contributed by atoms with Gasteiger partial charge in [0.15, 0.2) is 5.69 Å². The Morgan fingerprint density at radius 3 is 2.59 bits per heavy atom. The van der Waals surface area contributed by atoms with Crippen molar-refractivity contribution in [2.45, 2.75) is 0 Å². The molecule has 0 aliphatic rings. The first-order chi connectivity index (χ1) is 8.24. The summed E-state index contributed by atoms with van der Waals surface area (Å²) in [5.41, 5.74) is 1.25. The molecule has 0 amide bonds. The third-order valence-corrected chi connectivity index (χ3v) is 3.44. The first kappa shape index (κ1) is 13.1. The highest BCUT2D eigenvalue weighted by Crippen LogP contribution is 2.38. The molecule has 0 aliphatic carbocycles. The Bertz CT molecular complexity index is 501. The maximum absolute atomic E-state index is 6.11. The number of alkyl halides is 1. The molecule has 0 fully saturated rings. The van der Waals surface area contributed by atoms with Gasteiger partial charge < -0.3 is 4.74 Å². The zero-order valence-corrected chi connectivity index (χ0v) is 12.4. The fraction of sp³-hybridized carbons (Fsp3) is 0.200. The first-order valence-electron chi connectivity index (χ1n) is 4.69. The predicted octanol–water partition coefficient (Wildman–Crippen LogP) is 4.29. The summed E-state index contributed by atoms with van der Waals surface area (Å²) in [6.45, 7) is 0.514. The zero-order chi connectivity index (χ0) is 12.3. The fourth-order valence-electron chi connectivity index (χ4n) is 1.29. The highest BCUT2D eigenvalue weighted by Gasteiger charge is 2.17. The van der Waals surface area contributed by atoms with Crippen LogP contribution < -0.4 is 4.74 Å². The molecule has 0 spiro atoms. The Morgan fingerprint density at radius 1 is 1.24 bits per heavy atom. The average molecular weight is 354 g/mol. The van der Waals surface area contributed by atoms with E-state index in [9.17, 15) is 0 Å². The van der Waals surface area contributed by atoms with E-state index in [-0.39, 0.29) is 0 Å². The molecule has 0 saturated carbocycles. The lowest BCUT2D eigenvalue weighted by atomic mass is 10.1. The van der Waals surface area contributed by atoms with E-state index >= 15 is 0 Å². The predicted molar refractivity (Wildman–Crippen MR) is 74.7 cm³/mol. The Hall–Kier alpha value is -0.360. The Labute approximate surface area is 121 Å². The third-order valence-electron chi connectivity index (χ3n) is 1.97. The Morgan fingerprint density at radius 2 is 1.94 bits per heavy atom. The van der Waals surface area contributed by atoms with Crippen molar-refractivity contribution in [1.29, 1.82) is 0 Å². The summed E-state index contributed by atoms with van der Waals surface area (Å²) in [6, 6.07) is 5.31. The smallest absolute Gasteiger partial charge is 0.254 e. The molecule has 0 N–H and O–H groups in total. The molecule has 1 aromatic carbocycles. The number of halogens is 3. The number of nitrogens with zero attached hydrogens (tertiary/aromatic N) is 2. The summed E-state index contributed by atoms with van der Waals surface area (Å²) < 4.78 is 13.7. The van der Waals surface area contributed by atoms with Gasteiger partial charge in [-0.2, -0.15) is 4.37 Å². The normalized spacial score (nSPS) is 10.5. The highest BCUT2D eigenvalue weighted by molar-refractivity contribution is 9.09. The van der Waals surface area contributed by atoms with Gasteiger partial charge in [-0.05, 0) is 12.1 Å². The average Bonchev–Trinajstić information content (AvgIpc) is 2.74. The van der Waals surface area contributed by atoms with E-state index in [2.05, 4.69) is 24.7 Å². The summed E-state index contributed by atoms with van der Waals surface area (Å²) in [7, 11) is 0. The van der Waals surface area contributed by atoms with E-state index in [1.807, 2.05) is 0 Å². The maximum Gasteiger partial charge on any atom is 0.254 e. The van der Waals surface area contributed by atoms with Crippen molar-refractivity contribution in [3.8, 4) is 17.1 Å². The maximum atomic E-state index is 6.11. The lowest BCUT2D eigenvalue weighted by molar-refractivity contribution is 0.336. The first-order valence-corrected chi connectivity index (χ1v) is 7.30. The Kier molecular flexibility index (Phi) is 4.62. The van der Waals surface area contributed by atoms with Crippen molar-refractivity contribution < 1.29 is 4.74 Å². The highest BCUT2D eigenvalue weighted by atomic mass is 79.9. The molecule has 0 unspecified atom stereocenters. The van der Waals surface area contributed by atoms with Gasteiger partial charge in [0.1, 0.15) is 0 Å². The minimum Gasteiger partial charge on any atom is -0.475 e. The summed E-state index contributed by atoms with van der Waals surface area (Å²) in [4.78, 5) is 0. The topological polar surface area (TPSA) is 35.0 Å². The molecule has 2 rings (SSSR count). The molecule has 0 aliphatic heterocycles. The van der Waals surface area contributed by atoms with Gasteiger partial charge in [0.05, 0.1) is 28.4 Å². The van der Waals surface area contributed by atoms with E-state index in [4.69, 9.17) is 27.9 Å². The van der Waals surface area contributed by atoms with Crippen molar-refractivity contribution in [2.75, 3.05) is 11.9 Å². The van der Waals surface area contributed by atoms with Gasteiger partial charge in [0.25, 0.3) is 5.88 Å². The lowest BCUT2D eigenvalue weighted by Crippen LogP contribution is -1.99. The zero-order valence-electron chi connectivity index (χ0n) is 8.49. The number of ether oxygens (including phenoxy) is 1. The van der Waals surface area contributed by atoms with Crippen molar-refractivity contribution in [3.63, 3.8) is 0 Å². The van der Waals surface area contributed by atoms with Gasteiger partial charge in [-0.15, -0.1) is 4.37 Å². The van der Waals surface area contributed by atoms with E-state index < -0.39 is 0 Å². The number of hydrogen-bond acceptors (Lipinski definition) is 4. The molecular formula is C10H7BrCl2N2OS. The quantitative estimate of drug-likeness (QED) is 0.769. The van der Waals surface area contributed by atoms with Gasteiger partial charge in [-0.25, -0.2) is 0 Å². The van der Waals surface area contributed by atoms with Crippen LogP contribution in [0.1, 0.15) is 0 Å². The van der Waals surface area contributed by atoms with Crippen molar-refractivity contribution in [2.24, 2.45) is 0 Å². The molecule has 3 nitrogen and oxygen atoms in total. The number of rotatable bonds is 4. The molecule has 1 aromatic heterocycles. The van der Waals surface area contributed by atoms with Crippen LogP contribution in [0.15, 0.2) is 18.2 Å². The van der Waals surface area contributed by atoms with Crippen LogP contribution in [0.25, 0.3) is 11.3 Å². The third kappa shape index (κ3) is 2.91. The second-order valence-electron chi connectivity index (χ2n) is 3.05. The van der Waals surface area contributed by atoms with Gasteiger partial charge in [-0.1, -0.05) is 45.2 Å². The Balaban J connectivity index is 2.43. The summed E-state index contributed by atoms with van der Waals surface area (Å²) in [5.74, 6) is 0.462. The number of aromatic nitrogens is 2. The van der Waals surface area contributed by atoms with Crippen LogP contribution in [0.5, 0.6) is 5.88 Å². The summed E-state index contributed by atoms with van der Waals surface area (Å²) in [6.07, 6.45) is 0. The molecule has 7 heteroatoms.